The van der Waals surface area contributed by atoms with Crippen molar-refractivity contribution in [3.63, 3.8) is 0 Å². The highest BCUT2D eigenvalue weighted by Gasteiger charge is 2.13. The summed E-state index contributed by atoms with van der Waals surface area (Å²) >= 11 is 0. The monoisotopic (exact) mass is 298 g/mol. The maximum absolute atomic E-state index is 9.96. The van der Waals surface area contributed by atoms with E-state index in [0.29, 0.717) is 11.9 Å². The summed E-state index contributed by atoms with van der Waals surface area (Å²) in [6.07, 6.45) is 9.04. The molecule has 2 aromatic rings. The van der Waals surface area contributed by atoms with Crippen LogP contribution < -0.4 is 11.1 Å². The normalized spacial score (nSPS) is 18.3. The smallest absolute Gasteiger partial charge is 0.141 e. The first-order valence-electron chi connectivity index (χ1n) is 7.85. The molecule has 1 saturated heterocycles. The molecule has 1 aromatic carbocycles. The third kappa shape index (κ3) is 3.74. The SMILES string of the molecule is Nc1cnc(-c2cc(O)cc(CCC3CCCCN3)c2)cn1. The van der Waals surface area contributed by atoms with Gasteiger partial charge in [0.05, 0.1) is 18.1 Å². The van der Waals surface area contributed by atoms with E-state index < -0.39 is 0 Å². The molecule has 1 aliphatic rings. The van der Waals surface area contributed by atoms with Crippen LogP contribution in [0.1, 0.15) is 31.2 Å². The largest absolute Gasteiger partial charge is 0.508 e. The molecule has 1 aromatic heterocycles. The lowest BCUT2D eigenvalue weighted by Gasteiger charge is -2.23. The van der Waals surface area contributed by atoms with Gasteiger partial charge in [0.1, 0.15) is 11.6 Å². The number of nitrogens with zero attached hydrogens (tertiary/aromatic N) is 2. The van der Waals surface area contributed by atoms with E-state index in [2.05, 4.69) is 21.4 Å². The Kier molecular flexibility index (Phi) is 4.53. The first kappa shape index (κ1) is 14.8. The van der Waals surface area contributed by atoms with Crippen LogP contribution in [-0.2, 0) is 6.42 Å². The van der Waals surface area contributed by atoms with Crippen molar-refractivity contribution in [1.82, 2.24) is 15.3 Å². The Morgan fingerprint density at radius 2 is 2.09 bits per heavy atom. The minimum atomic E-state index is 0.266. The molecule has 1 unspecified atom stereocenters. The number of anilines is 1. The molecule has 1 atom stereocenters. The minimum absolute atomic E-state index is 0.266. The number of hydrogen-bond acceptors (Lipinski definition) is 5. The topological polar surface area (TPSA) is 84.1 Å². The fourth-order valence-corrected chi connectivity index (χ4v) is 2.96. The Morgan fingerprint density at radius 3 is 2.82 bits per heavy atom. The number of benzene rings is 1. The van der Waals surface area contributed by atoms with Crippen LogP contribution >= 0.6 is 0 Å². The van der Waals surface area contributed by atoms with Crippen LogP contribution in [0.4, 0.5) is 5.82 Å². The Labute approximate surface area is 130 Å². The predicted octanol–water partition coefficient (Wildman–Crippen LogP) is 2.51. The summed E-state index contributed by atoms with van der Waals surface area (Å²) in [5.41, 5.74) is 8.29. The Bertz CT molecular complexity index is 621. The van der Waals surface area contributed by atoms with Crippen molar-refractivity contribution in [2.75, 3.05) is 12.3 Å². The van der Waals surface area contributed by atoms with Gasteiger partial charge in [0.25, 0.3) is 0 Å². The third-order valence-electron chi connectivity index (χ3n) is 4.14. The molecule has 0 bridgehead atoms. The van der Waals surface area contributed by atoms with Crippen LogP contribution in [0.5, 0.6) is 5.75 Å². The summed E-state index contributed by atoms with van der Waals surface area (Å²) < 4.78 is 0. The molecular formula is C17H22N4O. The van der Waals surface area contributed by atoms with Gasteiger partial charge in [0, 0.05) is 11.6 Å². The number of nitrogens with one attached hydrogen (secondary N) is 1. The number of aryl methyl sites for hydroxylation is 1. The molecular weight excluding hydrogens is 276 g/mol. The molecule has 5 heteroatoms. The van der Waals surface area contributed by atoms with Gasteiger partial charge >= 0.3 is 0 Å². The number of nitrogen functional groups attached to an aromatic ring is 1. The molecule has 1 aliphatic heterocycles. The quantitative estimate of drug-likeness (QED) is 0.807. The predicted molar refractivity (Wildman–Crippen MR) is 87.5 cm³/mol. The van der Waals surface area contributed by atoms with E-state index in [4.69, 9.17) is 5.73 Å². The highest BCUT2D eigenvalue weighted by molar-refractivity contribution is 5.62. The molecule has 1 fully saturated rings. The molecule has 2 heterocycles. The van der Waals surface area contributed by atoms with Crippen LogP contribution in [0.25, 0.3) is 11.3 Å². The lowest BCUT2D eigenvalue weighted by molar-refractivity contribution is 0.382. The van der Waals surface area contributed by atoms with Crippen molar-refractivity contribution < 1.29 is 5.11 Å². The lowest BCUT2D eigenvalue weighted by Crippen LogP contribution is -2.34. The van der Waals surface area contributed by atoms with E-state index in [1.54, 1.807) is 12.3 Å². The summed E-state index contributed by atoms with van der Waals surface area (Å²) in [5, 5.41) is 13.5. The van der Waals surface area contributed by atoms with E-state index in [9.17, 15) is 5.11 Å². The van der Waals surface area contributed by atoms with E-state index in [-0.39, 0.29) is 5.75 Å². The van der Waals surface area contributed by atoms with Gasteiger partial charge < -0.3 is 16.2 Å². The fourth-order valence-electron chi connectivity index (χ4n) is 2.96. The Morgan fingerprint density at radius 1 is 1.18 bits per heavy atom. The second-order valence-electron chi connectivity index (χ2n) is 5.90. The summed E-state index contributed by atoms with van der Waals surface area (Å²) in [4.78, 5) is 8.33. The van der Waals surface area contributed by atoms with Gasteiger partial charge in [-0.1, -0.05) is 6.42 Å². The van der Waals surface area contributed by atoms with Crippen molar-refractivity contribution in [2.45, 2.75) is 38.1 Å². The number of aromatic hydroxyl groups is 1. The number of phenolic OH excluding ortho intramolecular Hbond substituents is 1. The zero-order valence-corrected chi connectivity index (χ0v) is 12.6. The summed E-state index contributed by atoms with van der Waals surface area (Å²) in [5.74, 6) is 0.662. The summed E-state index contributed by atoms with van der Waals surface area (Å²) in [6.45, 7) is 1.12. The third-order valence-corrected chi connectivity index (χ3v) is 4.14. The van der Waals surface area contributed by atoms with Gasteiger partial charge in [-0.25, -0.2) is 4.98 Å². The number of phenols is 1. The second kappa shape index (κ2) is 6.75. The van der Waals surface area contributed by atoms with E-state index in [1.165, 1.54) is 25.5 Å². The zero-order valence-electron chi connectivity index (χ0n) is 12.6. The molecule has 22 heavy (non-hydrogen) atoms. The molecule has 3 rings (SSSR count). The zero-order chi connectivity index (χ0) is 15.4. The number of nitrogens with two attached hydrogens (primary N) is 1. The van der Waals surface area contributed by atoms with E-state index in [0.717, 1.165) is 36.2 Å². The van der Waals surface area contributed by atoms with Gasteiger partial charge in [-0.05, 0) is 56.0 Å². The van der Waals surface area contributed by atoms with Crippen LogP contribution in [0.3, 0.4) is 0 Å². The van der Waals surface area contributed by atoms with Crippen molar-refractivity contribution in [3.05, 3.63) is 36.2 Å². The standard InChI is InChI=1S/C17H22N4O/c18-17-11-20-16(10-21-17)13-7-12(8-15(22)9-13)4-5-14-3-1-2-6-19-14/h7-11,14,19,22H,1-6H2,(H2,18,21). The molecule has 116 valence electrons. The van der Waals surface area contributed by atoms with Gasteiger partial charge in [-0.2, -0.15) is 0 Å². The fraction of sp³-hybridized carbons (Fsp3) is 0.412. The van der Waals surface area contributed by atoms with Gasteiger partial charge in [0.2, 0.25) is 0 Å². The lowest BCUT2D eigenvalue weighted by atomic mass is 9.97. The van der Waals surface area contributed by atoms with Crippen molar-refractivity contribution in [1.29, 1.82) is 0 Å². The average Bonchev–Trinajstić information content (AvgIpc) is 2.54. The number of hydrogen-bond donors (Lipinski definition) is 3. The highest BCUT2D eigenvalue weighted by atomic mass is 16.3. The molecule has 0 aliphatic carbocycles. The van der Waals surface area contributed by atoms with Crippen LogP contribution in [0.2, 0.25) is 0 Å². The van der Waals surface area contributed by atoms with Gasteiger partial charge in [-0.3, -0.25) is 4.98 Å². The summed E-state index contributed by atoms with van der Waals surface area (Å²) in [7, 11) is 0. The minimum Gasteiger partial charge on any atom is -0.508 e. The molecule has 5 nitrogen and oxygen atoms in total. The maximum Gasteiger partial charge on any atom is 0.141 e. The van der Waals surface area contributed by atoms with Crippen LogP contribution in [-0.4, -0.2) is 27.7 Å². The van der Waals surface area contributed by atoms with E-state index in [1.807, 2.05) is 6.07 Å². The maximum atomic E-state index is 9.96. The Hall–Kier alpha value is -2.14. The molecule has 4 N–H and O–H groups in total. The van der Waals surface area contributed by atoms with Gasteiger partial charge in [-0.15, -0.1) is 0 Å². The first-order valence-corrected chi connectivity index (χ1v) is 7.85. The van der Waals surface area contributed by atoms with Crippen molar-refractivity contribution >= 4 is 5.82 Å². The second-order valence-corrected chi connectivity index (χ2v) is 5.90. The van der Waals surface area contributed by atoms with Crippen molar-refractivity contribution in [2.24, 2.45) is 0 Å². The van der Waals surface area contributed by atoms with Crippen molar-refractivity contribution in [3.8, 4) is 17.0 Å². The van der Waals surface area contributed by atoms with Crippen LogP contribution in [0.15, 0.2) is 30.6 Å². The van der Waals surface area contributed by atoms with E-state index >= 15 is 0 Å². The molecule has 0 amide bonds. The summed E-state index contributed by atoms with van der Waals surface area (Å²) in [6, 6.07) is 6.21. The number of aromatic nitrogens is 2. The van der Waals surface area contributed by atoms with Gasteiger partial charge in [0.15, 0.2) is 0 Å². The molecule has 0 saturated carbocycles. The number of piperidine rings is 1. The highest BCUT2D eigenvalue weighted by Crippen LogP contribution is 2.25. The first-order chi connectivity index (χ1) is 10.7. The molecule has 0 spiro atoms. The van der Waals surface area contributed by atoms with Crippen LogP contribution in [0, 0.1) is 0 Å². The average molecular weight is 298 g/mol. The Balaban J connectivity index is 1.73. The number of rotatable bonds is 4. The molecule has 0 radical (unpaired) electrons.